The van der Waals surface area contributed by atoms with Gasteiger partial charge >= 0.3 is 5.97 Å². The van der Waals surface area contributed by atoms with Gasteiger partial charge in [-0.15, -0.1) is 0 Å². The fourth-order valence-corrected chi connectivity index (χ4v) is 3.63. The molecule has 1 aliphatic rings. The lowest BCUT2D eigenvalue weighted by Gasteiger charge is -2.13. The maximum absolute atomic E-state index is 12.0. The number of carboxylic acid groups (broad SMARTS) is 1. The van der Waals surface area contributed by atoms with Crippen molar-refractivity contribution in [3.8, 4) is 0 Å². The predicted molar refractivity (Wildman–Crippen MR) is 114 cm³/mol. The van der Waals surface area contributed by atoms with Crippen LogP contribution in [-0.2, 0) is 13.0 Å². The number of aryl methyl sites for hydroxylation is 1. The monoisotopic (exact) mass is 434 g/mol. The Morgan fingerprint density at radius 1 is 1.21 bits per heavy atom. The van der Waals surface area contributed by atoms with Gasteiger partial charge in [0.2, 0.25) is 0 Å². The summed E-state index contributed by atoms with van der Waals surface area (Å²) in [5.41, 5.74) is 2.72. The van der Waals surface area contributed by atoms with Gasteiger partial charge in [-0.2, -0.15) is 0 Å². The third-order valence-corrected chi connectivity index (χ3v) is 5.09. The summed E-state index contributed by atoms with van der Waals surface area (Å²) in [6.07, 6.45) is 7.55. The molecule has 0 aliphatic heterocycles. The van der Waals surface area contributed by atoms with E-state index in [1.807, 2.05) is 13.0 Å². The first kappa shape index (κ1) is 20.5. The number of allylic oxidation sites excluding steroid dienone is 7. The highest BCUT2D eigenvalue weighted by Gasteiger charge is 2.24. The molecule has 0 fully saturated rings. The molecule has 1 heterocycles. The summed E-state index contributed by atoms with van der Waals surface area (Å²) in [5, 5.41) is 11.3. The minimum absolute atomic E-state index is 0.117. The van der Waals surface area contributed by atoms with Gasteiger partial charge < -0.3 is 9.67 Å². The van der Waals surface area contributed by atoms with Crippen molar-refractivity contribution >= 4 is 46.3 Å². The van der Waals surface area contributed by atoms with E-state index in [1.165, 1.54) is 0 Å². The molecule has 0 saturated heterocycles. The highest BCUT2D eigenvalue weighted by atomic mass is 35.5. The van der Waals surface area contributed by atoms with E-state index in [4.69, 9.17) is 34.8 Å². The summed E-state index contributed by atoms with van der Waals surface area (Å²) < 4.78 is 1.63. The number of rotatable bonds is 5. The van der Waals surface area contributed by atoms with E-state index in [9.17, 15) is 9.90 Å². The molecule has 1 N–H and O–H groups in total. The zero-order chi connectivity index (χ0) is 20.4. The number of hydrogen-bond donors (Lipinski definition) is 1. The number of aromatic nitrogens is 2. The van der Waals surface area contributed by atoms with Gasteiger partial charge in [0.05, 0.1) is 12.2 Å². The van der Waals surface area contributed by atoms with Crippen molar-refractivity contribution in [1.29, 1.82) is 0 Å². The second-order valence-corrected chi connectivity index (χ2v) is 7.53. The van der Waals surface area contributed by atoms with Gasteiger partial charge in [-0.05, 0) is 47.9 Å². The third kappa shape index (κ3) is 4.25. The molecule has 0 saturated carbocycles. The molecular weight excluding hydrogens is 419 g/mol. The number of nitrogens with zero attached hydrogens (tertiary/aromatic N) is 2. The van der Waals surface area contributed by atoms with E-state index < -0.39 is 5.97 Å². The Balaban J connectivity index is 2.22. The Hall–Kier alpha value is -2.27. The van der Waals surface area contributed by atoms with Gasteiger partial charge in [0, 0.05) is 20.7 Å². The Morgan fingerprint density at radius 2 is 1.96 bits per heavy atom. The smallest absolute Gasteiger partial charge is 0.354 e. The van der Waals surface area contributed by atoms with Gasteiger partial charge in [-0.25, -0.2) is 9.78 Å². The first-order valence-electron chi connectivity index (χ1n) is 8.53. The number of carbonyl (C=O) groups is 1. The Bertz CT molecular complexity index is 1060. The molecule has 0 bridgehead atoms. The number of aromatic carboxylic acids is 1. The number of carboxylic acids is 1. The van der Waals surface area contributed by atoms with Crippen molar-refractivity contribution in [2.24, 2.45) is 0 Å². The van der Waals surface area contributed by atoms with Crippen LogP contribution in [0.15, 0.2) is 59.7 Å². The molecule has 0 spiro atoms. The van der Waals surface area contributed by atoms with Gasteiger partial charge in [0.25, 0.3) is 0 Å². The van der Waals surface area contributed by atoms with Crippen LogP contribution in [-0.4, -0.2) is 20.6 Å². The van der Waals surface area contributed by atoms with E-state index in [0.717, 1.165) is 5.57 Å². The second-order valence-electron chi connectivity index (χ2n) is 6.25. The normalized spacial score (nSPS) is 13.9. The molecule has 144 valence electrons. The van der Waals surface area contributed by atoms with E-state index >= 15 is 0 Å². The van der Waals surface area contributed by atoms with Crippen LogP contribution in [0.4, 0.5) is 0 Å². The van der Waals surface area contributed by atoms with Crippen LogP contribution >= 0.6 is 34.8 Å². The molecule has 1 aromatic carbocycles. The zero-order valence-corrected chi connectivity index (χ0v) is 17.3. The Labute approximate surface area is 178 Å². The topological polar surface area (TPSA) is 55.1 Å². The Morgan fingerprint density at radius 3 is 2.64 bits per heavy atom. The lowest BCUT2D eigenvalue weighted by Crippen LogP contribution is -2.13. The van der Waals surface area contributed by atoms with E-state index in [-0.39, 0.29) is 12.2 Å². The summed E-state index contributed by atoms with van der Waals surface area (Å²) in [4.78, 5) is 16.6. The number of imidazole rings is 1. The van der Waals surface area contributed by atoms with Crippen molar-refractivity contribution in [3.05, 3.63) is 92.5 Å². The average Bonchev–Trinajstić information content (AvgIpc) is 2.90. The van der Waals surface area contributed by atoms with E-state index in [0.29, 0.717) is 44.2 Å². The van der Waals surface area contributed by atoms with Gasteiger partial charge in [0.1, 0.15) is 5.82 Å². The minimum atomic E-state index is -1.06. The standard InChI is InChI=1S/C21H17Cl3N2O2/c1-3-18-19(21(27)28)26(11-14-10-15(22)6-7-17(14)24)20(25-18)13-5-4-12(2)8-16(23)9-13/h4-10H,2-3,11H2,1H3,(H,27,28). The molecule has 1 aliphatic carbocycles. The molecule has 0 radical (unpaired) electrons. The molecule has 4 nitrogen and oxygen atoms in total. The molecule has 1 aromatic heterocycles. The van der Waals surface area contributed by atoms with Crippen LogP contribution in [0.1, 0.15) is 34.5 Å². The first-order chi connectivity index (χ1) is 13.3. The summed E-state index contributed by atoms with van der Waals surface area (Å²) in [7, 11) is 0. The van der Waals surface area contributed by atoms with E-state index in [1.54, 1.807) is 41.0 Å². The van der Waals surface area contributed by atoms with Gasteiger partial charge in [-0.1, -0.05) is 60.5 Å². The lowest BCUT2D eigenvalue weighted by molar-refractivity contribution is 0.0684. The molecule has 28 heavy (non-hydrogen) atoms. The summed E-state index contributed by atoms with van der Waals surface area (Å²) >= 11 is 18.7. The molecule has 3 rings (SSSR count). The first-order valence-corrected chi connectivity index (χ1v) is 9.66. The number of halogens is 3. The molecular formula is C21H17Cl3N2O2. The fraction of sp³-hybridized carbons (Fsp3) is 0.143. The summed E-state index contributed by atoms with van der Waals surface area (Å²) in [5.74, 6) is -0.569. The molecule has 0 amide bonds. The fourth-order valence-electron chi connectivity index (χ4n) is 3.00. The molecule has 2 aromatic rings. The van der Waals surface area contributed by atoms with Crippen LogP contribution in [0.3, 0.4) is 0 Å². The number of hydrogen-bond acceptors (Lipinski definition) is 2. The van der Waals surface area contributed by atoms with Crippen molar-refractivity contribution in [3.63, 3.8) is 0 Å². The van der Waals surface area contributed by atoms with Crippen molar-refractivity contribution in [2.45, 2.75) is 19.9 Å². The van der Waals surface area contributed by atoms with Crippen molar-refractivity contribution in [2.75, 3.05) is 0 Å². The van der Waals surface area contributed by atoms with Crippen LogP contribution in [0, 0.1) is 0 Å². The summed E-state index contributed by atoms with van der Waals surface area (Å²) in [6.45, 7) is 5.96. The maximum atomic E-state index is 12.0. The zero-order valence-electron chi connectivity index (χ0n) is 15.0. The SMILES string of the molecule is C=C1C=CC(c2nc(CC)c(C(=O)O)n2Cc2cc(Cl)ccc2Cl)=CC(Cl)=C1. The Kier molecular flexibility index (Phi) is 6.14. The highest BCUT2D eigenvalue weighted by molar-refractivity contribution is 6.33. The molecule has 0 atom stereocenters. The van der Waals surface area contributed by atoms with E-state index in [2.05, 4.69) is 11.6 Å². The predicted octanol–water partition coefficient (Wildman–Crippen LogP) is 6.13. The average molecular weight is 436 g/mol. The highest BCUT2D eigenvalue weighted by Crippen LogP contribution is 2.29. The molecule has 0 unspecified atom stereocenters. The van der Waals surface area contributed by atoms with Crippen molar-refractivity contribution < 1.29 is 9.90 Å². The summed E-state index contributed by atoms with van der Waals surface area (Å²) in [6, 6.07) is 5.09. The minimum Gasteiger partial charge on any atom is -0.477 e. The lowest BCUT2D eigenvalue weighted by atomic mass is 10.1. The van der Waals surface area contributed by atoms with Crippen LogP contribution in [0.2, 0.25) is 10.0 Å². The van der Waals surface area contributed by atoms with Crippen LogP contribution in [0.5, 0.6) is 0 Å². The quantitative estimate of drug-likeness (QED) is 0.614. The van der Waals surface area contributed by atoms with Crippen LogP contribution < -0.4 is 0 Å². The largest absolute Gasteiger partial charge is 0.477 e. The number of benzene rings is 1. The van der Waals surface area contributed by atoms with Crippen LogP contribution in [0.25, 0.3) is 5.57 Å². The van der Waals surface area contributed by atoms with Gasteiger partial charge in [-0.3, -0.25) is 0 Å². The van der Waals surface area contributed by atoms with Gasteiger partial charge in [0.15, 0.2) is 5.69 Å². The second kappa shape index (κ2) is 8.39. The maximum Gasteiger partial charge on any atom is 0.354 e. The third-order valence-electron chi connectivity index (χ3n) is 4.27. The van der Waals surface area contributed by atoms with Crippen molar-refractivity contribution in [1.82, 2.24) is 9.55 Å². The molecule has 7 heteroatoms.